The van der Waals surface area contributed by atoms with Gasteiger partial charge in [0.2, 0.25) is 0 Å². The van der Waals surface area contributed by atoms with Gasteiger partial charge in [-0.2, -0.15) is 5.10 Å². The molecule has 0 bridgehead atoms. The van der Waals surface area contributed by atoms with Crippen molar-refractivity contribution in [3.63, 3.8) is 0 Å². The minimum Gasteiger partial charge on any atom is -0.396 e. The third-order valence-electron chi connectivity index (χ3n) is 4.20. The molecule has 1 atom stereocenters. The van der Waals surface area contributed by atoms with Crippen molar-refractivity contribution in [1.29, 1.82) is 0 Å². The minimum atomic E-state index is -0.643. The lowest BCUT2D eigenvalue weighted by molar-refractivity contribution is 0.329. The number of anilines is 1. The number of aromatic nitrogens is 2. The fourth-order valence-electron chi connectivity index (χ4n) is 3.04. The Kier molecular flexibility index (Phi) is 4.10. The van der Waals surface area contributed by atoms with Crippen molar-refractivity contribution in [1.82, 2.24) is 9.78 Å². The zero-order chi connectivity index (χ0) is 14.8. The third-order valence-corrected chi connectivity index (χ3v) is 5.59. The SMILES string of the molecule is Cc1ccc(C(C2CCS(=O)CC2)n2cc(N)cn2)cc1. The Balaban J connectivity index is 1.94. The fourth-order valence-corrected chi connectivity index (χ4v) is 4.37. The first-order valence-electron chi connectivity index (χ1n) is 7.34. The summed E-state index contributed by atoms with van der Waals surface area (Å²) in [6, 6.07) is 8.79. The maximum atomic E-state index is 11.6. The van der Waals surface area contributed by atoms with Gasteiger partial charge in [-0.3, -0.25) is 8.89 Å². The molecule has 0 amide bonds. The molecule has 1 saturated heterocycles. The molecule has 3 rings (SSSR count). The molecule has 1 aliphatic heterocycles. The van der Waals surface area contributed by atoms with Crippen molar-refractivity contribution in [3.05, 3.63) is 47.8 Å². The Labute approximate surface area is 127 Å². The lowest BCUT2D eigenvalue weighted by atomic mass is 9.88. The molecule has 1 aromatic carbocycles. The number of nitrogen functional groups attached to an aromatic ring is 1. The summed E-state index contributed by atoms with van der Waals surface area (Å²) in [5, 5.41) is 4.42. The molecule has 4 nitrogen and oxygen atoms in total. The van der Waals surface area contributed by atoms with Crippen LogP contribution in [0, 0.1) is 12.8 Å². The van der Waals surface area contributed by atoms with Crippen molar-refractivity contribution < 1.29 is 4.21 Å². The van der Waals surface area contributed by atoms with Crippen LogP contribution in [0.2, 0.25) is 0 Å². The molecule has 0 radical (unpaired) electrons. The lowest BCUT2D eigenvalue weighted by Crippen LogP contribution is -2.28. The Hall–Kier alpha value is -1.62. The van der Waals surface area contributed by atoms with E-state index < -0.39 is 10.8 Å². The predicted molar refractivity (Wildman–Crippen MR) is 86.6 cm³/mol. The summed E-state index contributed by atoms with van der Waals surface area (Å²) in [5.74, 6) is 2.05. The van der Waals surface area contributed by atoms with E-state index in [0.29, 0.717) is 11.6 Å². The van der Waals surface area contributed by atoms with Crippen LogP contribution in [0.25, 0.3) is 0 Å². The quantitative estimate of drug-likeness (QED) is 0.948. The van der Waals surface area contributed by atoms with Crippen molar-refractivity contribution in [2.45, 2.75) is 25.8 Å². The molecule has 0 saturated carbocycles. The molecule has 0 spiro atoms. The Morgan fingerprint density at radius 2 is 1.95 bits per heavy atom. The van der Waals surface area contributed by atoms with Gasteiger partial charge in [0.1, 0.15) is 0 Å². The summed E-state index contributed by atoms with van der Waals surface area (Å²) in [7, 11) is -0.643. The number of benzene rings is 1. The molecular formula is C16H21N3OS. The van der Waals surface area contributed by atoms with Crippen LogP contribution in [0.5, 0.6) is 0 Å². The monoisotopic (exact) mass is 303 g/mol. The van der Waals surface area contributed by atoms with E-state index in [4.69, 9.17) is 5.73 Å². The summed E-state index contributed by atoms with van der Waals surface area (Å²) in [4.78, 5) is 0. The van der Waals surface area contributed by atoms with Gasteiger partial charge in [-0.15, -0.1) is 0 Å². The second kappa shape index (κ2) is 6.02. The molecule has 1 fully saturated rings. The summed E-state index contributed by atoms with van der Waals surface area (Å²) in [5.41, 5.74) is 9.03. The summed E-state index contributed by atoms with van der Waals surface area (Å²) in [6.45, 7) is 2.09. The second-order valence-corrected chi connectivity index (χ2v) is 7.49. The van der Waals surface area contributed by atoms with Gasteiger partial charge in [0.25, 0.3) is 0 Å². The lowest BCUT2D eigenvalue weighted by Gasteiger charge is -2.30. The van der Waals surface area contributed by atoms with Crippen molar-refractivity contribution in [2.75, 3.05) is 17.2 Å². The Morgan fingerprint density at radius 3 is 2.52 bits per heavy atom. The first kappa shape index (κ1) is 14.3. The van der Waals surface area contributed by atoms with Gasteiger partial charge in [0.15, 0.2) is 0 Å². The van der Waals surface area contributed by atoms with E-state index in [-0.39, 0.29) is 6.04 Å². The van der Waals surface area contributed by atoms with Crippen LogP contribution >= 0.6 is 0 Å². The molecule has 2 N–H and O–H groups in total. The molecule has 5 heteroatoms. The smallest absolute Gasteiger partial charge is 0.0798 e. The van der Waals surface area contributed by atoms with E-state index in [0.717, 1.165) is 24.3 Å². The highest BCUT2D eigenvalue weighted by molar-refractivity contribution is 7.85. The molecule has 1 aromatic heterocycles. The van der Waals surface area contributed by atoms with E-state index in [1.165, 1.54) is 11.1 Å². The van der Waals surface area contributed by atoms with Gasteiger partial charge in [0.05, 0.1) is 17.9 Å². The zero-order valence-electron chi connectivity index (χ0n) is 12.2. The molecular weight excluding hydrogens is 282 g/mol. The van der Waals surface area contributed by atoms with Gasteiger partial charge >= 0.3 is 0 Å². The molecule has 21 heavy (non-hydrogen) atoms. The molecule has 0 aliphatic carbocycles. The first-order valence-corrected chi connectivity index (χ1v) is 8.83. The van der Waals surface area contributed by atoms with Gasteiger partial charge in [0, 0.05) is 28.5 Å². The van der Waals surface area contributed by atoms with E-state index in [1.54, 1.807) is 6.20 Å². The average molecular weight is 303 g/mol. The van der Waals surface area contributed by atoms with E-state index in [1.807, 2.05) is 10.9 Å². The summed E-state index contributed by atoms with van der Waals surface area (Å²) < 4.78 is 13.6. The summed E-state index contributed by atoms with van der Waals surface area (Å²) >= 11 is 0. The summed E-state index contributed by atoms with van der Waals surface area (Å²) in [6.07, 6.45) is 5.55. The van der Waals surface area contributed by atoms with E-state index >= 15 is 0 Å². The maximum absolute atomic E-state index is 11.6. The van der Waals surface area contributed by atoms with Gasteiger partial charge in [-0.25, -0.2) is 0 Å². The highest BCUT2D eigenvalue weighted by Gasteiger charge is 2.29. The van der Waals surface area contributed by atoms with E-state index in [2.05, 4.69) is 36.3 Å². The minimum absolute atomic E-state index is 0.181. The number of nitrogens with zero attached hydrogens (tertiary/aromatic N) is 2. The fraction of sp³-hybridized carbons (Fsp3) is 0.438. The zero-order valence-corrected chi connectivity index (χ0v) is 13.1. The topological polar surface area (TPSA) is 60.9 Å². The number of hydrogen-bond donors (Lipinski definition) is 1. The maximum Gasteiger partial charge on any atom is 0.0798 e. The third kappa shape index (κ3) is 3.18. The first-order chi connectivity index (χ1) is 10.1. The number of aryl methyl sites for hydroxylation is 1. The van der Waals surface area contributed by atoms with Crippen LogP contribution in [0.3, 0.4) is 0 Å². The Morgan fingerprint density at radius 1 is 1.29 bits per heavy atom. The highest BCUT2D eigenvalue weighted by atomic mass is 32.2. The number of nitrogens with two attached hydrogens (primary N) is 1. The van der Waals surface area contributed by atoms with Crippen LogP contribution in [0.1, 0.15) is 30.0 Å². The van der Waals surface area contributed by atoms with Crippen LogP contribution in [-0.2, 0) is 10.8 Å². The van der Waals surface area contributed by atoms with Crippen LogP contribution < -0.4 is 5.73 Å². The predicted octanol–water partition coefficient (Wildman–Crippen LogP) is 2.52. The van der Waals surface area contributed by atoms with Crippen molar-refractivity contribution in [2.24, 2.45) is 5.92 Å². The van der Waals surface area contributed by atoms with Crippen molar-refractivity contribution in [3.8, 4) is 0 Å². The van der Waals surface area contributed by atoms with Crippen LogP contribution in [0.4, 0.5) is 5.69 Å². The van der Waals surface area contributed by atoms with Gasteiger partial charge in [-0.05, 0) is 31.2 Å². The normalized spacial score (nSPS) is 23.9. The van der Waals surface area contributed by atoms with Crippen LogP contribution in [-0.4, -0.2) is 25.5 Å². The average Bonchev–Trinajstić information content (AvgIpc) is 2.90. The van der Waals surface area contributed by atoms with E-state index in [9.17, 15) is 4.21 Å². The molecule has 2 aromatic rings. The van der Waals surface area contributed by atoms with Crippen LogP contribution in [0.15, 0.2) is 36.7 Å². The standard InChI is InChI=1S/C16H21N3OS/c1-12-2-4-13(5-3-12)16(19-11-15(17)10-18-19)14-6-8-21(20)9-7-14/h2-5,10-11,14,16H,6-9,17H2,1H3. The highest BCUT2D eigenvalue weighted by Crippen LogP contribution is 2.34. The molecule has 1 aliphatic rings. The number of rotatable bonds is 3. The number of hydrogen-bond acceptors (Lipinski definition) is 3. The van der Waals surface area contributed by atoms with Gasteiger partial charge < -0.3 is 5.73 Å². The second-order valence-electron chi connectivity index (χ2n) is 5.79. The van der Waals surface area contributed by atoms with Gasteiger partial charge in [-0.1, -0.05) is 29.8 Å². The molecule has 1 unspecified atom stereocenters. The molecule has 2 heterocycles. The molecule has 112 valence electrons. The van der Waals surface area contributed by atoms with Crippen molar-refractivity contribution >= 4 is 16.5 Å². The Bertz CT molecular complexity index is 625. The largest absolute Gasteiger partial charge is 0.396 e.